The summed E-state index contributed by atoms with van der Waals surface area (Å²) in [6, 6.07) is 11.8. The van der Waals surface area contributed by atoms with Gasteiger partial charge in [-0.2, -0.15) is 0 Å². The summed E-state index contributed by atoms with van der Waals surface area (Å²) < 4.78 is 14.6. The second-order valence-corrected chi connectivity index (χ2v) is 5.95. The molecule has 0 radical (unpaired) electrons. The third-order valence-electron chi connectivity index (χ3n) is 3.15. The Morgan fingerprint density at radius 2 is 2.00 bits per heavy atom. The van der Waals surface area contributed by atoms with Crippen LogP contribution in [0.3, 0.4) is 0 Å². The Morgan fingerprint density at radius 3 is 2.67 bits per heavy atom. The molecule has 1 N–H and O–H groups in total. The van der Waals surface area contributed by atoms with E-state index in [9.17, 15) is 9.18 Å². The van der Waals surface area contributed by atoms with Gasteiger partial charge in [-0.1, -0.05) is 51.8 Å². The van der Waals surface area contributed by atoms with E-state index in [0.29, 0.717) is 0 Å². The Labute approximate surface area is 136 Å². The van der Waals surface area contributed by atoms with Crippen molar-refractivity contribution in [3.05, 3.63) is 68.9 Å². The first-order valence-electron chi connectivity index (χ1n) is 6.45. The molecule has 0 saturated heterocycles. The van der Waals surface area contributed by atoms with Gasteiger partial charge in [-0.15, -0.1) is 0 Å². The maximum absolute atomic E-state index is 13.7. The molecule has 0 bridgehead atoms. The lowest BCUT2D eigenvalue weighted by atomic mass is 10.1. The van der Waals surface area contributed by atoms with E-state index >= 15 is 0 Å². The van der Waals surface area contributed by atoms with Crippen molar-refractivity contribution in [2.24, 2.45) is 0 Å². The minimum absolute atomic E-state index is 0.0830. The van der Waals surface area contributed by atoms with E-state index in [-0.39, 0.29) is 29.0 Å². The van der Waals surface area contributed by atoms with Gasteiger partial charge in [0.15, 0.2) is 0 Å². The minimum atomic E-state index is -0.466. The van der Waals surface area contributed by atoms with Crippen LogP contribution in [0.2, 0.25) is 5.02 Å². The van der Waals surface area contributed by atoms with E-state index in [4.69, 9.17) is 11.6 Å². The monoisotopic (exact) mass is 369 g/mol. The molecule has 5 heteroatoms. The molecule has 0 aliphatic carbocycles. The van der Waals surface area contributed by atoms with Gasteiger partial charge >= 0.3 is 0 Å². The fraction of sp³-hybridized carbons (Fsp3) is 0.188. The molecule has 2 aromatic carbocycles. The molecule has 2 rings (SSSR count). The number of carbonyl (C=O) groups excluding carboxylic acids is 1. The molecule has 0 fully saturated rings. The van der Waals surface area contributed by atoms with Crippen LogP contribution >= 0.6 is 27.5 Å². The molecule has 0 unspecified atom stereocenters. The molecule has 21 heavy (non-hydrogen) atoms. The SMILES string of the molecule is C[C@@H](NC(=O)Cc1c(F)cccc1Cl)c1ccccc1Br. The highest BCUT2D eigenvalue weighted by atomic mass is 79.9. The van der Waals surface area contributed by atoms with Crippen LogP contribution in [-0.2, 0) is 11.2 Å². The Bertz CT molecular complexity index is 642. The highest BCUT2D eigenvalue weighted by Crippen LogP contribution is 2.23. The smallest absolute Gasteiger partial charge is 0.225 e. The average Bonchev–Trinajstić information content (AvgIpc) is 2.43. The molecule has 2 nitrogen and oxygen atoms in total. The number of nitrogens with one attached hydrogen (secondary N) is 1. The van der Waals surface area contributed by atoms with Crippen LogP contribution in [-0.4, -0.2) is 5.91 Å². The summed E-state index contributed by atoms with van der Waals surface area (Å²) in [5, 5.41) is 3.11. The largest absolute Gasteiger partial charge is 0.349 e. The standard InChI is InChI=1S/C16H14BrClFNO/c1-10(11-5-2-3-6-13(11)17)20-16(21)9-12-14(18)7-4-8-15(12)19/h2-8,10H,9H2,1H3,(H,20,21)/t10-/m1/s1. The van der Waals surface area contributed by atoms with E-state index < -0.39 is 5.82 Å². The van der Waals surface area contributed by atoms with Gasteiger partial charge in [0, 0.05) is 15.1 Å². The van der Waals surface area contributed by atoms with Gasteiger partial charge in [0.25, 0.3) is 0 Å². The van der Waals surface area contributed by atoms with Crippen molar-refractivity contribution in [1.82, 2.24) is 5.32 Å². The van der Waals surface area contributed by atoms with Crippen molar-refractivity contribution in [2.75, 3.05) is 0 Å². The summed E-state index contributed by atoms with van der Waals surface area (Å²) in [6.45, 7) is 1.88. The average molecular weight is 371 g/mol. The fourth-order valence-corrected chi connectivity index (χ4v) is 2.92. The van der Waals surface area contributed by atoms with Crippen molar-refractivity contribution in [3.8, 4) is 0 Å². The van der Waals surface area contributed by atoms with E-state index in [1.54, 1.807) is 6.07 Å². The number of hydrogen-bond donors (Lipinski definition) is 1. The van der Waals surface area contributed by atoms with Gasteiger partial charge in [-0.05, 0) is 30.7 Å². The minimum Gasteiger partial charge on any atom is -0.349 e. The van der Waals surface area contributed by atoms with E-state index in [0.717, 1.165) is 10.0 Å². The topological polar surface area (TPSA) is 29.1 Å². The molecule has 0 saturated carbocycles. The van der Waals surface area contributed by atoms with Crippen molar-refractivity contribution >= 4 is 33.4 Å². The molecule has 110 valence electrons. The third-order valence-corrected chi connectivity index (χ3v) is 4.22. The van der Waals surface area contributed by atoms with Crippen LogP contribution in [0.5, 0.6) is 0 Å². The summed E-state index contributed by atoms with van der Waals surface area (Å²) in [5.41, 5.74) is 1.18. The van der Waals surface area contributed by atoms with Crippen LogP contribution in [0, 0.1) is 5.82 Å². The number of rotatable bonds is 4. The molecule has 0 heterocycles. The molecular weight excluding hydrogens is 357 g/mol. The van der Waals surface area contributed by atoms with Crippen LogP contribution in [0.1, 0.15) is 24.1 Å². The lowest BCUT2D eigenvalue weighted by Gasteiger charge is -2.16. The highest BCUT2D eigenvalue weighted by Gasteiger charge is 2.15. The Morgan fingerprint density at radius 1 is 1.29 bits per heavy atom. The van der Waals surface area contributed by atoms with Gasteiger partial charge in [-0.25, -0.2) is 4.39 Å². The Kier molecular flexibility index (Phi) is 5.37. The predicted molar refractivity (Wildman–Crippen MR) is 85.8 cm³/mol. The number of benzene rings is 2. The van der Waals surface area contributed by atoms with E-state index in [2.05, 4.69) is 21.2 Å². The van der Waals surface area contributed by atoms with Gasteiger partial charge in [-0.3, -0.25) is 4.79 Å². The first kappa shape index (κ1) is 16.0. The zero-order valence-electron chi connectivity index (χ0n) is 11.4. The summed E-state index contributed by atoms with van der Waals surface area (Å²) >= 11 is 9.37. The van der Waals surface area contributed by atoms with Crippen LogP contribution in [0.4, 0.5) is 4.39 Å². The highest BCUT2D eigenvalue weighted by molar-refractivity contribution is 9.10. The van der Waals surface area contributed by atoms with Gasteiger partial charge in [0.05, 0.1) is 12.5 Å². The van der Waals surface area contributed by atoms with Crippen molar-refractivity contribution in [2.45, 2.75) is 19.4 Å². The van der Waals surface area contributed by atoms with Gasteiger partial charge in [0.2, 0.25) is 5.91 Å². The molecule has 0 spiro atoms. The number of amides is 1. The van der Waals surface area contributed by atoms with Crippen LogP contribution < -0.4 is 5.32 Å². The fourth-order valence-electron chi connectivity index (χ4n) is 2.06. The van der Waals surface area contributed by atoms with E-state index in [1.807, 2.05) is 31.2 Å². The molecular formula is C16H14BrClFNO. The molecule has 0 aromatic heterocycles. The lowest BCUT2D eigenvalue weighted by Crippen LogP contribution is -2.28. The quantitative estimate of drug-likeness (QED) is 0.833. The normalized spacial score (nSPS) is 12.0. The lowest BCUT2D eigenvalue weighted by molar-refractivity contribution is -0.121. The first-order valence-corrected chi connectivity index (χ1v) is 7.63. The van der Waals surface area contributed by atoms with Crippen molar-refractivity contribution < 1.29 is 9.18 Å². The Balaban J connectivity index is 2.07. The van der Waals surface area contributed by atoms with E-state index in [1.165, 1.54) is 12.1 Å². The van der Waals surface area contributed by atoms with Crippen LogP contribution in [0.15, 0.2) is 46.9 Å². The maximum atomic E-state index is 13.7. The molecule has 0 aliphatic heterocycles. The van der Waals surface area contributed by atoms with Crippen LogP contribution in [0.25, 0.3) is 0 Å². The molecule has 1 amide bonds. The summed E-state index contributed by atoms with van der Waals surface area (Å²) in [6.07, 6.45) is -0.0830. The summed E-state index contributed by atoms with van der Waals surface area (Å²) in [4.78, 5) is 12.1. The van der Waals surface area contributed by atoms with Gasteiger partial charge in [0.1, 0.15) is 5.82 Å². The summed E-state index contributed by atoms with van der Waals surface area (Å²) in [7, 11) is 0. The molecule has 2 aromatic rings. The third kappa shape index (κ3) is 4.05. The summed E-state index contributed by atoms with van der Waals surface area (Å²) in [5.74, 6) is -0.739. The first-order chi connectivity index (χ1) is 9.99. The zero-order chi connectivity index (χ0) is 15.4. The second kappa shape index (κ2) is 7.05. The zero-order valence-corrected chi connectivity index (χ0v) is 13.7. The van der Waals surface area contributed by atoms with Crippen molar-refractivity contribution in [3.63, 3.8) is 0 Å². The number of halogens is 3. The second-order valence-electron chi connectivity index (χ2n) is 4.69. The molecule has 0 aliphatic rings. The molecule has 1 atom stereocenters. The number of carbonyl (C=O) groups is 1. The Hall–Kier alpha value is -1.39. The number of hydrogen-bond acceptors (Lipinski definition) is 1. The predicted octanol–water partition coefficient (Wildman–Crippen LogP) is 4.66. The van der Waals surface area contributed by atoms with Crippen molar-refractivity contribution in [1.29, 1.82) is 0 Å². The maximum Gasteiger partial charge on any atom is 0.225 e. The van der Waals surface area contributed by atoms with Gasteiger partial charge < -0.3 is 5.32 Å².